The van der Waals surface area contributed by atoms with Gasteiger partial charge in [0, 0.05) is 47.0 Å². The first-order chi connectivity index (χ1) is 20.5. The maximum Gasteiger partial charge on any atom is 0.490 e. The fourth-order valence-electron chi connectivity index (χ4n) is 4.15. The highest BCUT2D eigenvalue weighted by atomic mass is 32.2. The zero-order valence-electron chi connectivity index (χ0n) is 23.9. The predicted molar refractivity (Wildman–Crippen MR) is 159 cm³/mol. The molecule has 6 N–H and O–H groups in total. The van der Waals surface area contributed by atoms with Crippen LogP contribution in [-0.2, 0) is 21.4 Å². The van der Waals surface area contributed by atoms with Crippen molar-refractivity contribution >= 4 is 38.5 Å². The minimum Gasteiger partial charge on any atom is -0.475 e. The van der Waals surface area contributed by atoms with Gasteiger partial charge in [-0.25, -0.2) is 13.2 Å². The van der Waals surface area contributed by atoms with E-state index in [1.54, 1.807) is 54.6 Å². The fraction of sp³-hybridized carbons (Fsp3) is 0.267. The van der Waals surface area contributed by atoms with Crippen LogP contribution < -0.4 is 15.8 Å². The molecule has 0 bridgehead atoms. The molecule has 4 aromatic rings. The number of nitrogens with zero attached hydrogens (tertiary/aromatic N) is 1. The molecule has 1 atom stereocenters. The van der Waals surface area contributed by atoms with Gasteiger partial charge in [0.25, 0.3) is 10.0 Å². The lowest BCUT2D eigenvalue weighted by atomic mass is 9.99. The van der Waals surface area contributed by atoms with E-state index >= 15 is 0 Å². The number of primary amides is 1. The van der Waals surface area contributed by atoms with Crippen LogP contribution in [0.5, 0.6) is 0 Å². The van der Waals surface area contributed by atoms with E-state index in [4.69, 9.17) is 15.6 Å². The Morgan fingerprint density at radius 1 is 0.977 bits per heavy atom. The lowest BCUT2D eigenvalue weighted by molar-refractivity contribution is -0.192. The minimum absolute atomic E-state index is 0.174. The summed E-state index contributed by atoms with van der Waals surface area (Å²) in [5, 5.41) is 22.3. The van der Waals surface area contributed by atoms with Crippen LogP contribution in [0.15, 0.2) is 90.0 Å². The number of hydrogen-bond donors (Lipinski definition) is 5. The number of halogens is 3. The number of benzene rings is 3. The fourth-order valence-corrected chi connectivity index (χ4v) is 5.22. The number of aliphatic carboxylic acids is 1. The highest BCUT2D eigenvalue weighted by Crippen LogP contribution is 2.23. The van der Waals surface area contributed by atoms with Gasteiger partial charge >= 0.3 is 12.1 Å². The molecular weight excluding hydrogens is 601 g/mol. The summed E-state index contributed by atoms with van der Waals surface area (Å²) < 4.78 is 61.7. The van der Waals surface area contributed by atoms with Gasteiger partial charge in [0.05, 0.1) is 11.0 Å². The first-order valence-corrected chi connectivity index (χ1v) is 14.8. The lowest BCUT2D eigenvalue weighted by Crippen LogP contribution is -2.42. The second kappa shape index (κ2) is 13.9. The molecule has 0 saturated carbocycles. The Bertz CT molecular complexity index is 1710. The number of anilines is 1. The zero-order chi connectivity index (χ0) is 32.7. The number of rotatable bonds is 11. The van der Waals surface area contributed by atoms with E-state index in [-0.39, 0.29) is 10.4 Å². The number of aromatic nitrogens is 1. The van der Waals surface area contributed by atoms with Crippen molar-refractivity contribution in [3.05, 3.63) is 96.2 Å². The number of fused-ring (bicyclic) bond motifs is 1. The normalized spacial score (nSPS) is 12.7. The second-order valence-corrected chi connectivity index (χ2v) is 12.2. The molecule has 0 radical (unpaired) electrons. The summed E-state index contributed by atoms with van der Waals surface area (Å²) in [6.07, 6.45) is -3.12. The highest BCUT2D eigenvalue weighted by Gasteiger charge is 2.38. The van der Waals surface area contributed by atoms with Gasteiger partial charge in [0.2, 0.25) is 5.91 Å². The van der Waals surface area contributed by atoms with E-state index in [0.717, 1.165) is 23.9 Å². The Hall–Kier alpha value is -4.40. The van der Waals surface area contributed by atoms with Gasteiger partial charge in [0.1, 0.15) is 0 Å². The molecule has 0 saturated heterocycles. The Morgan fingerprint density at radius 2 is 1.64 bits per heavy atom. The molecule has 10 nitrogen and oxygen atoms in total. The molecule has 0 fully saturated rings. The summed E-state index contributed by atoms with van der Waals surface area (Å²) in [7, 11) is -3.72. The van der Waals surface area contributed by atoms with Crippen molar-refractivity contribution in [2.24, 2.45) is 5.73 Å². The molecule has 0 aliphatic carbocycles. The number of carbonyl (C=O) groups is 2. The number of carbonyl (C=O) groups excluding carboxylic acids is 1. The summed E-state index contributed by atoms with van der Waals surface area (Å²) >= 11 is 0. The van der Waals surface area contributed by atoms with Crippen molar-refractivity contribution in [3.8, 4) is 0 Å². The second-order valence-electron chi connectivity index (χ2n) is 10.5. The molecule has 0 aliphatic rings. The molecule has 1 aromatic heterocycles. The Kier molecular flexibility index (Phi) is 10.8. The SMILES string of the molecule is CC(C)(CCn1ccc2cc(C(N)=O)ccc21)NC[C@H](O)c1cccc(NS(=O)(=O)c2ccccc2)c1.O=C(O)C(F)(F)F. The summed E-state index contributed by atoms with van der Waals surface area (Å²) in [5.74, 6) is -3.20. The number of aliphatic hydroxyl groups is 1. The van der Waals surface area contributed by atoms with E-state index in [1.165, 1.54) is 12.1 Å². The number of nitrogens with two attached hydrogens (primary N) is 1. The van der Waals surface area contributed by atoms with Crippen molar-refractivity contribution in [1.82, 2.24) is 9.88 Å². The number of hydrogen-bond acceptors (Lipinski definition) is 6. The van der Waals surface area contributed by atoms with Gasteiger partial charge in [-0.3, -0.25) is 9.52 Å². The topological polar surface area (TPSA) is 164 Å². The molecule has 3 aromatic carbocycles. The molecule has 4 rings (SSSR count). The van der Waals surface area contributed by atoms with Crippen LogP contribution >= 0.6 is 0 Å². The molecule has 1 heterocycles. The quantitative estimate of drug-likeness (QED) is 0.160. The average Bonchev–Trinajstić information content (AvgIpc) is 3.37. The van der Waals surface area contributed by atoms with Crippen molar-refractivity contribution in [2.45, 2.75) is 49.5 Å². The van der Waals surface area contributed by atoms with E-state index in [2.05, 4.69) is 28.5 Å². The largest absolute Gasteiger partial charge is 0.490 e. The van der Waals surface area contributed by atoms with Crippen molar-refractivity contribution in [2.75, 3.05) is 11.3 Å². The van der Waals surface area contributed by atoms with Crippen molar-refractivity contribution in [3.63, 3.8) is 0 Å². The minimum atomic E-state index is -5.08. The summed E-state index contributed by atoms with van der Waals surface area (Å²) in [6, 6.07) is 22.3. The van der Waals surface area contributed by atoms with Gasteiger partial charge in [-0.1, -0.05) is 30.3 Å². The summed E-state index contributed by atoms with van der Waals surface area (Å²) in [5.41, 5.74) is 7.61. The molecule has 44 heavy (non-hydrogen) atoms. The van der Waals surface area contributed by atoms with Crippen LogP contribution in [0.1, 0.15) is 42.3 Å². The number of amides is 1. The number of sulfonamides is 1. The molecule has 14 heteroatoms. The number of alkyl halides is 3. The standard InChI is InChI=1S/C28H32N4O4S.C2HF3O2/c1-28(2,14-16-32-15-13-20-17-22(27(29)34)11-12-25(20)32)30-19-26(33)21-7-6-8-23(18-21)31-37(35,36)24-9-4-3-5-10-24;3-2(4,5)1(6)7/h3-13,15,17-18,26,30-31,33H,14,16,19H2,1-2H3,(H2,29,34);(H,6,7)/t26-;/m0./s1. The van der Waals surface area contributed by atoms with Gasteiger partial charge in [0.15, 0.2) is 0 Å². The van der Waals surface area contributed by atoms with Crippen molar-refractivity contribution in [1.29, 1.82) is 0 Å². The smallest absolute Gasteiger partial charge is 0.475 e. The van der Waals surface area contributed by atoms with Gasteiger partial charge in [-0.05, 0) is 74.4 Å². The number of β-amino-alcohol motifs (C(OH)–C–C–N with tert-alkyl or cyclic N) is 1. The maximum absolute atomic E-state index is 12.6. The number of carboxylic acids is 1. The number of nitrogens with one attached hydrogen (secondary N) is 2. The lowest BCUT2D eigenvalue weighted by Gasteiger charge is -2.28. The van der Waals surface area contributed by atoms with Crippen LogP contribution in [0.2, 0.25) is 0 Å². The van der Waals surface area contributed by atoms with E-state index < -0.39 is 34.2 Å². The molecule has 0 aliphatic heterocycles. The molecular formula is C30H33F3N4O6S. The van der Waals surface area contributed by atoms with Crippen LogP contribution in [0.25, 0.3) is 10.9 Å². The Morgan fingerprint density at radius 3 is 2.25 bits per heavy atom. The van der Waals surface area contributed by atoms with E-state index in [1.807, 2.05) is 18.3 Å². The van der Waals surface area contributed by atoms with Crippen LogP contribution in [0.3, 0.4) is 0 Å². The molecule has 236 valence electrons. The van der Waals surface area contributed by atoms with E-state index in [0.29, 0.717) is 23.4 Å². The number of aliphatic hydroxyl groups excluding tert-OH is 1. The first-order valence-electron chi connectivity index (χ1n) is 13.3. The first kappa shape index (κ1) is 34.1. The molecule has 0 unspecified atom stereocenters. The predicted octanol–water partition coefficient (Wildman–Crippen LogP) is 4.67. The van der Waals surface area contributed by atoms with Crippen LogP contribution in [-0.4, -0.2) is 53.3 Å². The summed E-state index contributed by atoms with van der Waals surface area (Å²) in [6.45, 7) is 5.19. The highest BCUT2D eigenvalue weighted by molar-refractivity contribution is 7.92. The van der Waals surface area contributed by atoms with Crippen molar-refractivity contribution < 1.29 is 41.4 Å². The Balaban J connectivity index is 0.000000676. The maximum atomic E-state index is 12.6. The average molecular weight is 635 g/mol. The van der Waals surface area contributed by atoms with E-state index in [9.17, 15) is 31.5 Å². The third-order valence-electron chi connectivity index (χ3n) is 6.63. The monoisotopic (exact) mass is 634 g/mol. The molecule has 0 spiro atoms. The summed E-state index contributed by atoms with van der Waals surface area (Å²) in [4.78, 5) is 20.5. The van der Waals surface area contributed by atoms with Gasteiger partial charge in [-0.15, -0.1) is 0 Å². The van der Waals surface area contributed by atoms with Crippen LogP contribution in [0, 0.1) is 0 Å². The number of aryl methyl sites for hydroxylation is 1. The number of carboxylic acid groups (broad SMARTS) is 1. The van der Waals surface area contributed by atoms with Gasteiger partial charge < -0.3 is 25.8 Å². The molecule has 1 amide bonds. The van der Waals surface area contributed by atoms with Gasteiger partial charge in [-0.2, -0.15) is 13.2 Å². The van der Waals surface area contributed by atoms with Crippen LogP contribution in [0.4, 0.5) is 18.9 Å². The third-order valence-corrected chi connectivity index (χ3v) is 8.02. The zero-order valence-corrected chi connectivity index (χ0v) is 24.7. The third kappa shape index (κ3) is 9.56. The Labute approximate surface area is 252 Å².